The van der Waals surface area contributed by atoms with Crippen molar-refractivity contribution in [3.05, 3.63) is 24.1 Å². The Morgan fingerprint density at radius 1 is 1.41 bits per heavy atom. The van der Waals surface area contributed by atoms with Crippen molar-refractivity contribution < 1.29 is 9.21 Å². The van der Waals surface area contributed by atoms with Crippen molar-refractivity contribution in [2.45, 2.75) is 45.6 Å². The molecule has 1 heterocycles. The van der Waals surface area contributed by atoms with Crippen LogP contribution in [0.15, 0.2) is 22.6 Å². The average molecular weight is 324 g/mol. The van der Waals surface area contributed by atoms with Gasteiger partial charge in [0.1, 0.15) is 5.52 Å². The lowest BCUT2D eigenvalue weighted by Gasteiger charge is -2.25. The second-order valence-corrected chi connectivity index (χ2v) is 6.84. The molecule has 1 aromatic carbocycles. The largest absolute Gasteiger partial charge is 0.440 e. The van der Waals surface area contributed by atoms with Gasteiger partial charge in [0, 0.05) is 11.6 Å². The number of hydrogen-bond acceptors (Lipinski definition) is 4. The summed E-state index contributed by atoms with van der Waals surface area (Å²) in [5.41, 5.74) is 7.92. The van der Waals surface area contributed by atoms with Crippen molar-refractivity contribution in [1.29, 1.82) is 0 Å². The quantitative estimate of drug-likeness (QED) is 0.906. The number of nitrogens with two attached hydrogens (primary N) is 1. The number of benzene rings is 1. The highest BCUT2D eigenvalue weighted by Gasteiger charge is 2.29. The number of hydrogen-bond donors (Lipinski definition) is 2. The topological polar surface area (TPSA) is 81.2 Å². The van der Waals surface area contributed by atoms with Crippen molar-refractivity contribution in [2.75, 3.05) is 5.32 Å². The lowest BCUT2D eigenvalue weighted by atomic mass is 9.87. The number of nitrogens with one attached hydrogen (secondary N) is 1. The first-order valence-electron chi connectivity index (χ1n) is 7.31. The van der Waals surface area contributed by atoms with Crippen molar-refractivity contribution in [2.24, 2.45) is 11.1 Å². The van der Waals surface area contributed by atoms with Crippen LogP contribution in [0.5, 0.6) is 0 Å². The summed E-state index contributed by atoms with van der Waals surface area (Å²) in [6.45, 7) is 5.83. The first-order valence-corrected chi connectivity index (χ1v) is 7.31. The Bertz CT molecular complexity index is 686. The number of halogens is 1. The molecular weight excluding hydrogens is 302 g/mol. The number of fused-ring (bicyclic) bond motifs is 1. The molecule has 0 radical (unpaired) electrons. The highest BCUT2D eigenvalue weighted by atomic mass is 35.5. The van der Waals surface area contributed by atoms with Crippen molar-refractivity contribution in [3.8, 4) is 0 Å². The zero-order valence-corrected chi connectivity index (χ0v) is 13.9. The fraction of sp³-hybridized carbons (Fsp3) is 0.500. The summed E-state index contributed by atoms with van der Waals surface area (Å²) < 4.78 is 5.71. The summed E-state index contributed by atoms with van der Waals surface area (Å²) in [5, 5.41) is 2.85. The van der Waals surface area contributed by atoms with E-state index in [1.165, 1.54) is 0 Å². The third-order valence-electron chi connectivity index (χ3n) is 3.81. The van der Waals surface area contributed by atoms with Gasteiger partial charge in [0.15, 0.2) is 11.5 Å². The number of rotatable bonds is 3. The highest BCUT2D eigenvalue weighted by Crippen LogP contribution is 2.40. The molecule has 0 unspecified atom stereocenters. The number of oxazole rings is 1. The zero-order chi connectivity index (χ0) is 15.2. The molecule has 22 heavy (non-hydrogen) atoms. The second-order valence-electron chi connectivity index (χ2n) is 6.84. The molecule has 2 aromatic rings. The third kappa shape index (κ3) is 3.42. The molecule has 1 fully saturated rings. The summed E-state index contributed by atoms with van der Waals surface area (Å²) in [4.78, 5) is 16.6. The standard InChI is InChI=1S/C16H21N3O2.ClH/c1-16(2,3)13(17)14(20)18-10-6-7-12-11(8-10)19-15(21-12)9-4-5-9;/h6-9,13H,4-5,17H2,1-3H3,(H,18,20);1H/t13-;/m1./s1. The maximum Gasteiger partial charge on any atom is 0.241 e. The van der Waals surface area contributed by atoms with Gasteiger partial charge in [0.2, 0.25) is 5.91 Å². The highest BCUT2D eigenvalue weighted by molar-refractivity contribution is 5.96. The van der Waals surface area contributed by atoms with Crippen LogP contribution >= 0.6 is 12.4 Å². The minimum absolute atomic E-state index is 0. The molecular formula is C16H22ClN3O2. The predicted molar refractivity (Wildman–Crippen MR) is 89.3 cm³/mol. The van der Waals surface area contributed by atoms with Gasteiger partial charge in [-0.1, -0.05) is 20.8 Å². The van der Waals surface area contributed by atoms with Crippen LogP contribution in [0, 0.1) is 5.41 Å². The van der Waals surface area contributed by atoms with Crippen LogP contribution in [0.25, 0.3) is 11.1 Å². The molecule has 1 atom stereocenters. The SMILES string of the molecule is CC(C)(C)[C@H](N)C(=O)Nc1ccc2oc(C3CC3)nc2c1.Cl. The van der Waals surface area contributed by atoms with Crippen LogP contribution in [-0.4, -0.2) is 16.9 Å². The normalized spacial score (nSPS) is 16.2. The van der Waals surface area contributed by atoms with E-state index < -0.39 is 6.04 Å². The van der Waals surface area contributed by atoms with Gasteiger partial charge in [-0.2, -0.15) is 0 Å². The van der Waals surface area contributed by atoms with E-state index in [0.717, 1.165) is 29.8 Å². The van der Waals surface area contributed by atoms with E-state index in [4.69, 9.17) is 10.2 Å². The van der Waals surface area contributed by atoms with E-state index in [1.54, 1.807) is 0 Å². The first-order chi connectivity index (χ1) is 9.84. The summed E-state index contributed by atoms with van der Waals surface area (Å²) in [6.07, 6.45) is 2.30. The molecule has 1 saturated carbocycles. The van der Waals surface area contributed by atoms with Gasteiger partial charge in [0.05, 0.1) is 6.04 Å². The summed E-state index contributed by atoms with van der Waals surface area (Å²) in [6, 6.07) is 4.93. The van der Waals surface area contributed by atoms with E-state index in [2.05, 4.69) is 10.3 Å². The number of carbonyl (C=O) groups excluding carboxylic acids is 1. The Hall–Kier alpha value is -1.59. The fourth-order valence-electron chi connectivity index (χ4n) is 2.14. The van der Waals surface area contributed by atoms with E-state index in [1.807, 2.05) is 39.0 Å². The van der Waals surface area contributed by atoms with Gasteiger partial charge < -0.3 is 15.5 Å². The molecule has 1 aliphatic rings. The van der Waals surface area contributed by atoms with Crippen molar-refractivity contribution in [3.63, 3.8) is 0 Å². The van der Waals surface area contributed by atoms with Gasteiger partial charge in [-0.15, -0.1) is 12.4 Å². The molecule has 1 aromatic heterocycles. The number of carbonyl (C=O) groups is 1. The molecule has 6 heteroatoms. The molecule has 1 amide bonds. The second kappa shape index (κ2) is 5.89. The van der Waals surface area contributed by atoms with Gasteiger partial charge in [-0.25, -0.2) is 4.98 Å². The molecule has 0 spiro atoms. The van der Waals surface area contributed by atoms with E-state index in [-0.39, 0.29) is 23.7 Å². The van der Waals surface area contributed by atoms with Crippen LogP contribution in [0.4, 0.5) is 5.69 Å². The van der Waals surface area contributed by atoms with Gasteiger partial charge in [-0.3, -0.25) is 4.79 Å². The Morgan fingerprint density at radius 2 is 2.09 bits per heavy atom. The Kier molecular flexibility index (Phi) is 4.49. The smallest absolute Gasteiger partial charge is 0.241 e. The molecule has 3 rings (SSSR count). The Morgan fingerprint density at radius 3 is 2.68 bits per heavy atom. The summed E-state index contributed by atoms with van der Waals surface area (Å²) in [7, 11) is 0. The van der Waals surface area contributed by atoms with E-state index in [0.29, 0.717) is 11.6 Å². The number of aromatic nitrogens is 1. The van der Waals surface area contributed by atoms with E-state index in [9.17, 15) is 4.79 Å². The number of nitrogens with zero attached hydrogens (tertiary/aromatic N) is 1. The molecule has 0 saturated heterocycles. The fourth-order valence-corrected chi connectivity index (χ4v) is 2.14. The number of anilines is 1. The third-order valence-corrected chi connectivity index (χ3v) is 3.81. The van der Waals surface area contributed by atoms with Gasteiger partial charge in [0.25, 0.3) is 0 Å². The first kappa shape index (κ1) is 16.8. The minimum atomic E-state index is -0.562. The predicted octanol–water partition coefficient (Wildman–Crippen LogP) is 3.44. The lowest BCUT2D eigenvalue weighted by Crippen LogP contribution is -2.45. The lowest BCUT2D eigenvalue weighted by molar-refractivity contribution is -0.119. The maximum absolute atomic E-state index is 12.1. The summed E-state index contributed by atoms with van der Waals surface area (Å²) in [5.74, 6) is 1.09. The van der Waals surface area contributed by atoms with Gasteiger partial charge in [-0.05, 0) is 36.5 Å². The van der Waals surface area contributed by atoms with E-state index >= 15 is 0 Å². The average Bonchev–Trinajstić information content (AvgIpc) is 3.17. The van der Waals surface area contributed by atoms with Crippen molar-refractivity contribution >= 4 is 35.1 Å². The monoisotopic (exact) mass is 323 g/mol. The maximum atomic E-state index is 12.1. The molecule has 3 N–H and O–H groups in total. The Labute approximate surface area is 136 Å². The van der Waals surface area contributed by atoms with Crippen LogP contribution < -0.4 is 11.1 Å². The van der Waals surface area contributed by atoms with Crippen LogP contribution in [0.1, 0.15) is 45.4 Å². The minimum Gasteiger partial charge on any atom is -0.440 e. The number of amides is 1. The molecule has 5 nitrogen and oxygen atoms in total. The Balaban J connectivity index is 0.00000176. The van der Waals surface area contributed by atoms with Crippen LogP contribution in [0.3, 0.4) is 0 Å². The van der Waals surface area contributed by atoms with Crippen molar-refractivity contribution in [1.82, 2.24) is 4.98 Å². The molecule has 0 aliphatic heterocycles. The van der Waals surface area contributed by atoms with Crippen LogP contribution in [0.2, 0.25) is 0 Å². The molecule has 120 valence electrons. The zero-order valence-electron chi connectivity index (χ0n) is 13.1. The summed E-state index contributed by atoms with van der Waals surface area (Å²) >= 11 is 0. The molecule has 1 aliphatic carbocycles. The molecule has 0 bridgehead atoms. The van der Waals surface area contributed by atoms with Crippen LogP contribution in [-0.2, 0) is 4.79 Å². The van der Waals surface area contributed by atoms with Gasteiger partial charge >= 0.3 is 0 Å².